The second-order valence-corrected chi connectivity index (χ2v) is 8.28. The minimum absolute atomic E-state index is 0.119. The predicted molar refractivity (Wildman–Crippen MR) is 118 cm³/mol. The summed E-state index contributed by atoms with van der Waals surface area (Å²) in [4.78, 5) is 28.2. The van der Waals surface area contributed by atoms with Crippen molar-refractivity contribution in [3.8, 4) is 11.3 Å². The summed E-state index contributed by atoms with van der Waals surface area (Å²) in [6.07, 6.45) is 5.55. The van der Waals surface area contributed by atoms with Gasteiger partial charge in [0.15, 0.2) is 5.76 Å². The van der Waals surface area contributed by atoms with E-state index in [1.54, 1.807) is 6.20 Å². The number of piperidine rings is 1. The second kappa shape index (κ2) is 9.24. The van der Waals surface area contributed by atoms with Crippen LogP contribution in [-0.4, -0.2) is 50.0 Å². The lowest BCUT2D eigenvalue weighted by atomic mass is 9.90. The Labute approximate surface area is 182 Å². The molecule has 0 saturated carbocycles. The van der Waals surface area contributed by atoms with Crippen molar-refractivity contribution in [3.05, 3.63) is 53.7 Å². The Morgan fingerprint density at radius 3 is 2.71 bits per heavy atom. The molecule has 0 bridgehead atoms. The van der Waals surface area contributed by atoms with E-state index in [0.29, 0.717) is 31.2 Å². The topological polar surface area (TPSA) is 97.0 Å². The highest BCUT2D eigenvalue weighted by Gasteiger charge is 2.28. The molecule has 3 aromatic heterocycles. The van der Waals surface area contributed by atoms with Gasteiger partial charge in [0.1, 0.15) is 0 Å². The molecule has 4 rings (SSSR count). The van der Waals surface area contributed by atoms with Crippen LogP contribution in [0.2, 0.25) is 0 Å². The number of amides is 1. The summed E-state index contributed by atoms with van der Waals surface area (Å²) in [5.74, 6) is 1.62. The number of aryl methyl sites for hydroxylation is 1. The van der Waals surface area contributed by atoms with Crippen LogP contribution < -0.4 is 5.32 Å². The first-order valence-corrected chi connectivity index (χ1v) is 10.7. The third kappa shape index (κ3) is 5.07. The molecule has 8 nitrogen and oxygen atoms in total. The van der Waals surface area contributed by atoms with E-state index < -0.39 is 0 Å². The summed E-state index contributed by atoms with van der Waals surface area (Å²) in [5.41, 5.74) is 3.44. The van der Waals surface area contributed by atoms with Crippen molar-refractivity contribution in [3.63, 3.8) is 0 Å². The molecule has 1 saturated heterocycles. The number of hydrogen-bond donors (Lipinski definition) is 1. The van der Waals surface area contributed by atoms with Gasteiger partial charge in [0.25, 0.3) is 0 Å². The summed E-state index contributed by atoms with van der Waals surface area (Å²) in [6.45, 7) is 7.41. The fourth-order valence-electron chi connectivity index (χ4n) is 3.89. The zero-order valence-electron chi connectivity index (χ0n) is 18.2. The normalized spacial score (nSPS) is 14.8. The number of anilines is 1. The largest absolute Gasteiger partial charge is 0.356 e. The van der Waals surface area contributed by atoms with E-state index in [1.165, 1.54) is 0 Å². The molecular weight excluding hydrogens is 392 g/mol. The highest BCUT2D eigenvalue weighted by molar-refractivity contribution is 5.78. The number of pyridine rings is 1. The molecule has 31 heavy (non-hydrogen) atoms. The SMILES string of the molecule is Cc1cc(-c2cnc(NC(C)C)nc2C2CCN(C(=O)Cc3ccccn3)CC2)on1. The molecule has 0 aliphatic carbocycles. The Bertz CT molecular complexity index is 1030. The van der Waals surface area contributed by atoms with E-state index in [-0.39, 0.29) is 17.9 Å². The van der Waals surface area contributed by atoms with Gasteiger partial charge in [-0.05, 0) is 45.7 Å². The molecule has 1 aliphatic rings. The Morgan fingerprint density at radius 1 is 1.26 bits per heavy atom. The number of aromatic nitrogens is 4. The van der Waals surface area contributed by atoms with E-state index in [9.17, 15) is 4.79 Å². The third-order valence-corrected chi connectivity index (χ3v) is 5.42. The Morgan fingerprint density at radius 2 is 2.06 bits per heavy atom. The Balaban J connectivity index is 1.50. The minimum Gasteiger partial charge on any atom is -0.356 e. The van der Waals surface area contributed by atoms with Crippen molar-refractivity contribution in [1.82, 2.24) is 25.0 Å². The number of carbonyl (C=O) groups excluding carboxylic acids is 1. The molecule has 1 N–H and O–H groups in total. The fourth-order valence-corrected chi connectivity index (χ4v) is 3.89. The van der Waals surface area contributed by atoms with E-state index >= 15 is 0 Å². The van der Waals surface area contributed by atoms with Gasteiger partial charge in [-0.25, -0.2) is 9.97 Å². The average molecular weight is 421 g/mol. The first-order chi connectivity index (χ1) is 15.0. The predicted octanol–water partition coefficient (Wildman–Crippen LogP) is 3.60. The Hall–Kier alpha value is -3.29. The third-order valence-electron chi connectivity index (χ3n) is 5.42. The van der Waals surface area contributed by atoms with Gasteiger partial charge in [-0.3, -0.25) is 9.78 Å². The summed E-state index contributed by atoms with van der Waals surface area (Å²) in [7, 11) is 0. The molecule has 0 unspecified atom stereocenters. The van der Waals surface area contributed by atoms with Gasteiger partial charge in [0, 0.05) is 49.2 Å². The number of hydrogen-bond acceptors (Lipinski definition) is 7. The zero-order chi connectivity index (χ0) is 21.8. The summed E-state index contributed by atoms with van der Waals surface area (Å²) in [6, 6.07) is 7.80. The van der Waals surface area contributed by atoms with Crippen molar-refractivity contribution in [1.29, 1.82) is 0 Å². The standard InChI is InChI=1S/C23H28N6O2/c1-15(2)26-23-25-14-19(20-12-16(3)28-31-20)22(27-23)17-7-10-29(11-8-17)21(30)13-18-6-4-5-9-24-18/h4-6,9,12,14-15,17H,7-8,10-11,13H2,1-3H3,(H,25,26,27). The number of nitrogens with one attached hydrogen (secondary N) is 1. The van der Waals surface area contributed by atoms with Crippen LogP contribution in [0, 0.1) is 6.92 Å². The summed E-state index contributed by atoms with van der Waals surface area (Å²) >= 11 is 0. The zero-order valence-corrected chi connectivity index (χ0v) is 18.2. The van der Waals surface area contributed by atoms with Gasteiger partial charge in [-0.2, -0.15) is 0 Å². The van der Waals surface area contributed by atoms with E-state index in [4.69, 9.17) is 9.51 Å². The van der Waals surface area contributed by atoms with Gasteiger partial charge < -0.3 is 14.7 Å². The van der Waals surface area contributed by atoms with Crippen LogP contribution in [0.15, 0.2) is 41.2 Å². The van der Waals surface area contributed by atoms with Crippen LogP contribution >= 0.6 is 0 Å². The van der Waals surface area contributed by atoms with Gasteiger partial charge in [0.05, 0.1) is 23.4 Å². The summed E-state index contributed by atoms with van der Waals surface area (Å²) < 4.78 is 5.51. The molecule has 1 aliphatic heterocycles. The van der Waals surface area contributed by atoms with Crippen molar-refractivity contribution in [2.75, 3.05) is 18.4 Å². The van der Waals surface area contributed by atoms with Crippen LogP contribution in [-0.2, 0) is 11.2 Å². The van der Waals surface area contributed by atoms with Crippen LogP contribution in [0.25, 0.3) is 11.3 Å². The van der Waals surface area contributed by atoms with Crippen molar-refractivity contribution in [2.45, 2.75) is 52.0 Å². The van der Waals surface area contributed by atoms with Gasteiger partial charge in [-0.1, -0.05) is 11.2 Å². The van der Waals surface area contributed by atoms with E-state index in [1.807, 2.05) is 42.3 Å². The molecule has 8 heteroatoms. The van der Waals surface area contributed by atoms with Crippen LogP contribution in [0.4, 0.5) is 5.95 Å². The number of likely N-dealkylation sites (tertiary alicyclic amines) is 1. The van der Waals surface area contributed by atoms with Gasteiger partial charge in [-0.15, -0.1) is 0 Å². The maximum atomic E-state index is 12.7. The van der Waals surface area contributed by atoms with E-state index in [2.05, 4.69) is 34.3 Å². The molecule has 3 aromatic rings. The molecule has 4 heterocycles. The molecule has 0 atom stereocenters. The number of nitrogens with zero attached hydrogens (tertiary/aromatic N) is 5. The summed E-state index contributed by atoms with van der Waals surface area (Å²) in [5, 5.41) is 7.30. The highest BCUT2D eigenvalue weighted by Crippen LogP contribution is 2.34. The molecule has 1 amide bonds. The number of rotatable bonds is 6. The number of carbonyl (C=O) groups is 1. The minimum atomic E-state index is 0.119. The molecule has 0 radical (unpaired) electrons. The lowest BCUT2D eigenvalue weighted by molar-refractivity contribution is -0.131. The molecule has 162 valence electrons. The smallest absolute Gasteiger partial charge is 0.228 e. The first kappa shape index (κ1) is 21.0. The van der Waals surface area contributed by atoms with Gasteiger partial charge >= 0.3 is 0 Å². The molecule has 1 fully saturated rings. The van der Waals surface area contributed by atoms with Crippen LogP contribution in [0.1, 0.15) is 49.7 Å². The van der Waals surface area contributed by atoms with Crippen LogP contribution in [0.3, 0.4) is 0 Å². The quantitative estimate of drug-likeness (QED) is 0.651. The lowest BCUT2D eigenvalue weighted by Crippen LogP contribution is -2.39. The molecular formula is C23H28N6O2. The first-order valence-electron chi connectivity index (χ1n) is 10.7. The van der Waals surface area contributed by atoms with E-state index in [0.717, 1.165) is 35.5 Å². The highest BCUT2D eigenvalue weighted by atomic mass is 16.5. The average Bonchev–Trinajstić information content (AvgIpc) is 3.20. The fraction of sp³-hybridized carbons (Fsp3) is 0.435. The lowest BCUT2D eigenvalue weighted by Gasteiger charge is -2.32. The van der Waals surface area contributed by atoms with Crippen molar-refractivity contribution in [2.24, 2.45) is 0 Å². The van der Waals surface area contributed by atoms with Crippen molar-refractivity contribution >= 4 is 11.9 Å². The van der Waals surface area contributed by atoms with Crippen LogP contribution in [0.5, 0.6) is 0 Å². The molecule has 0 aromatic carbocycles. The van der Waals surface area contributed by atoms with Gasteiger partial charge in [0.2, 0.25) is 11.9 Å². The van der Waals surface area contributed by atoms with Crippen molar-refractivity contribution < 1.29 is 9.32 Å². The second-order valence-electron chi connectivity index (χ2n) is 8.28. The molecule has 0 spiro atoms. The maximum Gasteiger partial charge on any atom is 0.228 e. The Kier molecular flexibility index (Phi) is 6.25. The maximum absolute atomic E-state index is 12.7. The monoisotopic (exact) mass is 420 g/mol.